The molecule has 3 aromatic rings. The second kappa shape index (κ2) is 7.43. The van der Waals surface area contributed by atoms with Crippen LogP contribution in [0.4, 0.5) is 4.79 Å². The summed E-state index contributed by atoms with van der Waals surface area (Å²) < 4.78 is 5.37. The number of fused-ring (bicyclic) bond motifs is 1. The molecule has 0 saturated heterocycles. The Morgan fingerprint density at radius 1 is 1.15 bits per heavy atom. The van der Waals surface area contributed by atoms with Gasteiger partial charge in [-0.2, -0.15) is 0 Å². The molecule has 0 fully saturated rings. The zero-order valence-corrected chi connectivity index (χ0v) is 16.6. The van der Waals surface area contributed by atoms with E-state index in [2.05, 4.69) is 36.3 Å². The fourth-order valence-electron chi connectivity index (χ4n) is 3.01. The van der Waals surface area contributed by atoms with Crippen LogP contribution in [0.2, 0.25) is 0 Å². The highest BCUT2D eigenvalue weighted by molar-refractivity contribution is 5.77. The number of carbonyl (C=O) groups is 1. The van der Waals surface area contributed by atoms with Gasteiger partial charge in [0, 0.05) is 6.54 Å². The number of benzene rings is 2. The Morgan fingerprint density at radius 2 is 1.81 bits per heavy atom. The summed E-state index contributed by atoms with van der Waals surface area (Å²) in [6.07, 6.45) is -0.425. The van der Waals surface area contributed by atoms with E-state index in [0.29, 0.717) is 6.54 Å². The van der Waals surface area contributed by atoms with Gasteiger partial charge in [-0.3, -0.25) is 0 Å². The maximum absolute atomic E-state index is 12.1. The second-order valence-electron chi connectivity index (χ2n) is 7.92. The predicted molar refractivity (Wildman–Crippen MR) is 108 cm³/mol. The van der Waals surface area contributed by atoms with Crippen LogP contribution in [-0.2, 0) is 4.74 Å². The molecule has 0 spiro atoms. The Kier molecular flexibility index (Phi) is 5.22. The quantitative estimate of drug-likeness (QED) is 0.695. The van der Waals surface area contributed by atoms with Crippen LogP contribution < -0.4 is 5.32 Å². The van der Waals surface area contributed by atoms with Gasteiger partial charge in [-0.1, -0.05) is 30.3 Å². The molecule has 27 heavy (non-hydrogen) atoms. The highest BCUT2D eigenvalue weighted by Gasteiger charge is 2.22. The Morgan fingerprint density at radius 3 is 2.48 bits per heavy atom. The lowest BCUT2D eigenvalue weighted by molar-refractivity contribution is 0.0526. The number of ether oxygens (including phenoxy) is 1. The molecule has 1 heterocycles. The van der Waals surface area contributed by atoms with E-state index in [9.17, 15) is 4.79 Å². The zero-order valence-electron chi connectivity index (χ0n) is 16.6. The number of aromatic nitrogens is 2. The molecule has 0 saturated carbocycles. The maximum atomic E-state index is 12.1. The Bertz CT molecular complexity index is 900. The van der Waals surface area contributed by atoms with Gasteiger partial charge in [-0.25, -0.2) is 9.78 Å². The largest absolute Gasteiger partial charge is 0.444 e. The number of hydrogen-bond donors (Lipinski definition) is 2. The van der Waals surface area contributed by atoms with Crippen molar-refractivity contribution in [3.63, 3.8) is 0 Å². The Hall–Kier alpha value is -2.82. The molecule has 2 N–H and O–H groups in total. The van der Waals surface area contributed by atoms with E-state index in [1.165, 1.54) is 11.1 Å². The molecule has 5 nitrogen and oxygen atoms in total. The second-order valence-corrected chi connectivity index (χ2v) is 7.92. The molecule has 1 atom stereocenters. The Balaban J connectivity index is 1.90. The van der Waals surface area contributed by atoms with Crippen molar-refractivity contribution in [3.8, 4) is 0 Å². The summed E-state index contributed by atoms with van der Waals surface area (Å²) in [7, 11) is 0. The van der Waals surface area contributed by atoms with Gasteiger partial charge >= 0.3 is 6.09 Å². The predicted octanol–water partition coefficient (Wildman–Crippen LogP) is 4.84. The minimum atomic E-state index is -0.527. The first-order valence-corrected chi connectivity index (χ1v) is 9.21. The molecule has 0 aliphatic rings. The number of carbonyl (C=O) groups excluding carboxylic acids is 1. The lowest BCUT2D eigenvalue weighted by atomic mass is 9.98. The summed E-state index contributed by atoms with van der Waals surface area (Å²) in [5.74, 6) is 0.740. The van der Waals surface area contributed by atoms with Crippen molar-refractivity contribution >= 4 is 17.1 Å². The molecular formula is C22H27N3O2. The van der Waals surface area contributed by atoms with Crippen LogP contribution in [0, 0.1) is 13.8 Å². The van der Waals surface area contributed by atoms with E-state index < -0.39 is 11.7 Å². The van der Waals surface area contributed by atoms with Crippen molar-refractivity contribution in [2.24, 2.45) is 0 Å². The van der Waals surface area contributed by atoms with Crippen LogP contribution in [0.25, 0.3) is 11.0 Å². The summed E-state index contributed by atoms with van der Waals surface area (Å²) >= 11 is 0. The van der Waals surface area contributed by atoms with E-state index >= 15 is 0 Å². The minimum Gasteiger partial charge on any atom is -0.444 e. The molecule has 2 aromatic carbocycles. The van der Waals surface area contributed by atoms with Crippen LogP contribution >= 0.6 is 0 Å². The van der Waals surface area contributed by atoms with Crippen molar-refractivity contribution in [2.75, 3.05) is 6.54 Å². The highest BCUT2D eigenvalue weighted by Crippen LogP contribution is 2.25. The fraction of sp³-hybridized carbons (Fsp3) is 0.364. The van der Waals surface area contributed by atoms with E-state index in [0.717, 1.165) is 22.4 Å². The number of alkyl carbamates (subject to hydrolysis) is 1. The van der Waals surface area contributed by atoms with Gasteiger partial charge in [0.2, 0.25) is 0 Å². The number of nitrogens with one attached hydrogen (secondary N) is 2. The summed E-state index contributed by atoms with van der Waals surface area (Å²) in [5, 5.41) is 2.88. The van der Waals surface area contributed by atoms with E-state index in [1.54, 1.807) is 0 Å². The van der Waals surface area contributed by atoms with E-state index in [-0.39, 0.29) is 5.92 Å². The summed E-state index contributed by atoms with van der Waals surface area (Å²) in [6, 6.07) is 14.3. The topological polar surface area (TPSA) is 67.0 Å². The van der Waals surface area contributed by atoms with Gasteiger partial charge in [-0.15, -0.1) is 0 Å². The standard InChI is InChI=1S/C22H27N3O2/c1-14-11-18-19(12-15(14)2)25-20(24-18)17(16-9-7-6-8-10-16)13-23-21(26)27-22(3,4)5/h6-12,17H,13H2,1-5H3,(H,23,26)(H,24,25). The van der Waals surface area contributed by atoms with Crippen molar-refractivity contribution in [1.29, 1.82) is 0 Å². The van der Waals surface area contributed by atoms with Crippen molar-refractivity contribution < 1.29 is 9.53 Å². The molecule has 5 heteroatoms. The van der Waals surface area contributed by atoms with E-state index in [4.69, 9.17) is 9.72 Å². The molecule has 3 rings (SSSR count). The number of H-pyrrole nitrogens is 1. The average molecular weight is 365 g/mol. The molecule has 0 radical (unpaired) electrons. The van der Waals surface area contributed by atoms with Crippen molar-refractivity contribution in [2.45, 2.75) is 46.1 Å². The lowest BCUT2D eigenvalue weighted by Gasteiger charge is -2.21. The molecule has 1 unspecified atom stereocenters. The van der Waals surface area contributed by atoms with Gasteiger partial charge < -0.3 is 15.0 Å². The monoisotopic (exact) mass is 365 g/mol. The Labute approximate surface area is 160 Å². The van der Waals surface area contributed by atoms with Crippen LogP contribution in [0.15, 0.2) is 42.5 Å². The van der Waals surface area contributed by atoms with Gasteiger partial charge in [-0.05, 0) is 63.4 Å². The molecule has 0 aliphatic carbocycles. The van der Waals surface area contributed by atoms with Crippen LogP contribution in [-0.4, -0.2) is 28.2 Å². The van der Waals surface area contributed by atoms with Crippen LogP contribution in [0.5, 0.6) is 0 Å². The van der Waals surface area contributed by atoms with Crippen molar-refractivity contribution in [3.05, 3.63) is 65.0 Å². The van der Waals surface area contributed by atoms with Crippen LogP contribution in [0.3, 0.4) is 0 Å². The molecule has 0 aliphatic heterocycles. The van der Waals surface area contributed by atoms with Gasteiger partial charge in [0.25, 0.3) is 0 Å². The highest BCUT2D eigenvalue weighted by atomic mass is 16.6. The fourth-order valence-corrected chi connectivity index (χ4v) is 3.01. The van der Waals surface area contributed by atoms with Gasteiger partial charge in [0.05, 0.1) is 17.0 Å². The van der Waals surface area contributed by atoms with Crippen LogP contribution in [0.1, 0.15) is 49.2 Å². The molecular weight excluding hydrogens is 338 g/mol. The SMILES string of the molecule is Cc1cc2nc(C(CNC(=O)OC(C)(C)C)c3ccccc3)[nH]c2cc1C. The number of imidazole rings is 1. The number of nitrogens with zero attached hydrogens (tertiary/aromatic N) is 1. The molecule has 142 valence electrons. The first kappa shape index (κ1) is 19.0. The summed E-state index contributed by atoms with van der Waals surface area (Å²) in [5.41, 5.74) is 4.93. The number of aromatic amines is 1. The van der Waals surface area contributed by atoms with Crippen molar-refractivity contribution in [1.82, 2.24) is 15.3 Å². The number of amides is 1. The molecule has 1 amide bonds. The minimum absolute atomic E-state index is 0.0910. The third-order valence-corrected chi connectivity index (χ3v) is 4.50. The number of hydrogen-bond acceptors (Lipinski definition) is 3. The summed E-state index contributed by atoms with van der Waals surface area (Å²) in [4.78, 5) is 20.4. The first-order valence-electron chi connectivity index (χ1n) is 9.21. The molecule has 0 bridgehead atoms. The number of rotatable bonds is 4. The van der Waals surface area contributed by atoms with E-state index in [1.807, 2.05) is 51.1 Å². The van der Waals surface area contributed by atoms with Gasteiger partial charge in [0.15, 0.2) is 0 Å². The van der Waals surface area contributed by atoms with Gasteiger partial charge in [0.1, 0.15) is 11.4 Å². The third kappa shape index (κ3) is 4.67. The average Bonchev–Trinajstić information content (AvgIpc) is 2.97. The normalized spacial score (nSPS) is 12.8. The zero-order chi connectivity index (χ0) is 19.6. The molecule has 1 aromatic heterocycles. The number of aryl methyl sites for hydroxylation is 2. The third-order valence-electron chi connectivity index (χ3n) is 4.50. The first-order chi connectivity index (χ1) is 12.7. The smallest absolute Gasteiger partial charge is 0.407 e. The lowest BCUT2D eigenvalue weighted by Crippen LogP contribution is -2.35. The summed E-state index contributed by atoms with van der Waals surface area (Å²) in [6.45, 7) is 10.1. The maximum Gasteiger partial charge on any atom is 0.407 e.